The predicted molar refractivity (Wildman–Crippen MR) is 69.5 cm³/mol. The third kappa shape index (κ3) is 3.49. The van der Waals surface area contributed by atoms with E-state index in [1.807, 2.05) is 0 Å². The summed E-state index contributed by atoms with van der Waals surface area (Å²) in [5, 5.41) is 3.57. The van der Waals surface area contributed by atoms with Crippen LogP contribution in [0.15, 0.2) is 32.5 Å². The summed E-state index contributed by atoms with van der Waals surface area (Å²) >= 11 is 3.15. The molecule has 0 aromatic carbocycles. The summed E-state index contributed by atoms with van der Waals surface area (Å²) in [7, 11) is -3.72. The van der Waals surface area contributed by atoms with Gasteiger partial charge < -0.3 is 10.3 Å². The fourth-order valence-electron chi connectivity index (χ4n) is 1.32. The van der Waals surface area contributed by atoms with Crippen LogP contribution in [0.25, 0.3) is 0 Å². The molecule has 3 N–H and O–H groups in total. The number of hydrogen-bond donors (Lipinski definition) is 2. The number of nitrogens with two attached hydrogens (primary N) is 1. The van der Waals surface area contributed by atoms with E-state index in [1.165, 1.54) is 18.7 Å². The van der Waals surface area contributed by atoms with Crippen molar-refractivity contribution in [1.82, 2.24) is 19.8 Å². The van der Waals surface area contributed by atoms with E-state index < -0.39 is 10.0 Å². The molecule has 2 heterocycles. The van der Waals surface area contributed by atoms with Crippen LogP contribution >= 0.6 is 15.9 Å². The average Bonchev–Trinajstić information content (AvgIpc) is 2.85. The molecule has 0 fully saturated rings. The zero-order valence-corrected chi connectivity index (χ0v) is 12.0. The number of aromatic nitrogens is 3. The van der Waals surface area contributed by atoms with Crippen molar-refractivity contribution in [1.29, 1.82) is 0 Å². The van der Waals surface area contributed by atoms with Gasteiger partial charge in [0.25, 0.3) is 0 Å². The Labute approximate surface area is 117 Å². The molecule has 0 spiro atoms. The Morgan fingerprint density at radius 2 is 2.21 bits per heavy atom. The second-order valence-corrected chi connectivity index (χ2v) is 6.18. The number of pyridine rings is 1. The Morgan fingerprint density at radius 1 is 1.42 bits per heavy atom. The highest BCUT2D eigenvalue weighted by atomic mass is 79.9. The molecule has 0 aliphatic heterocycles. The molecule has 19 heavy (non-hydrogen) atoms. The first-order valence-corrected chi connectivity index (χ1v) is 7.42. The minimum absolute atomic E-state index is 0.0599. The molecular weight excluding hydrogens is 338 g/mol. The van der Waals surface area contributed by atoms with Crippen LogP contribution in [-0.4, -0.2) is 30.1 Å². The molecule has 0 radical (unpaired) electrons. The van der Waals surface area contributed by atoms with Gasteiger partial charge >= 0.3 is 0 Å². The van der Waals surface area contributed by atoms with Crippen LogP contribution < -0.4 is 10.5 Å². The third-order valence-corrected chi connectivity index (χ3v) is 4.11. The van der Waals surface area contributed by atoms with Gasteiger partial charge in [-0.2, -0.15) is 4.98 Å². The van der Waals surface area contributed by atoms with Crippen molar-refractivity contribution in [3.8, 4) is 0 Å². The quantitative estimate of drug-likeness (QED) is 0.798. The number of nitrogen functional groups attached to an aromatic ring is 1. The van der Waals surface area contributed by atoms with Crippen molar-refractivity contribution in [2.45, 2.75) is 11.3 Å². The SMILES string of the molecule is Nc1ncc(Br)cc1S(=O)(=O)NCCc1ncon1. The van der Waals surface area contributed by atoms with Crippen LogP contribution in [0.4, 0.5) is 5.82 Å². The number of sulfonamides is 1. The van der Waals surface area contributed by atoms with Gasteiger partial charge in [0.05, 0.1) is 0 Å². The summed E-state index contributed by atoms with van der Waals surface area (Å²) in [5.41, 5.74) is 5.55. The largest absolute Gasteiger partial charge is 0.383 e. The normalized spacial score (nSPS) is 11.6. The second kappa shape index (κ2) is 5.63. The zero-order chi connectivity index (χ0) is 13.9. The van der Waals surface area contributed by atoms with Crippen LogP contribution in [0.1, 0.15) is 5.82 Å². The maximum Gasteiger partial charge on any atom is 0.244 e. The lowest BCUT2D eigenvalue weighted by Crippen LogP contribution is -2.27. The van der Waals surface area contributed by atoms with Gasteiger partial charge in [0.2, 0.25) is 16.4 Å². The summed E-state index contributed by atoms with van der Waals surface area (Å²) in [6.07, 6.45) is 2.92. The molecule has 102 valence electrons. The lowest BCUT2D eigenvalue weighted by molar-refractivity contribution is 0.410. The predicted octanol–water partition coefficient (Wildman–Crippen LogP) is 0.330. The molecule has 2 rings (SSSR count). The van der Waals surface area contributed by atoms with Gasteiger partial charge in [0, 0.05) is 23.6 Å². The minimum atomic E-state index is -3.72. The first kappa shape index (κ1) is 13.9. The Morgan fingerprint density at radius 3 is 2.89 bits per heavy atom. The Hall–Kier alpha value is -1.52. The lowest BCUT2D eigenvalue weighted by atomic mass is 10.4. The topological polar surface area (TPSA) is 124 Å². The van der Waals surface area contributed by atoms with Gasteiger partial charge in [-0.1, -0.05) is 5.16 Å². The van der Waals surface area contributed by atoms with Crippen molar-refractivity contribution in [2.24, 2.45) is 0 Å². The lowest BCUT2D eigenvalue weighted by Gasteiger charge is -2.07. The molecule has 0 aliphatic rings. The summed E-state index contributed by atoms with van der Waals surface area (Å²) in [5.74, 6) is 0.360. The molecular formula is C9H10BrN5O3S. The van der Waals surface area contributed by atoms with Crippen LogP contribution in [-0.2, 0) is 16.4 Å². The van der Waals surface area contributed by atoms with Crippen LogP contribution in [0.5, 0.6) is 0 Å². The summed E-state index contributed by atoms with van der Waals surface area (Å²) in [4.78, 5) is 7.48. The van der Waals surface area contributed by atoms with Crippen molar-refractivity contribution in [3.63, 3.8) is 0 Å². The molecule has 0 atom stereocenters. The molecule has 2 aromatic rings. The summed E-state index contributed by atoms with van der Waals surface area (Å²) in [6.45, 7) is 0.133. The van der Waals surface area contributed by atoms with Gasteiger partial charge in [0.15, 0.2) is 5.82 Å². The van der Waals surface area contributed by atoms with Crippen molar-refractivity contribution >= 4 is 31.8 Å². The van der Waals surface area contributed by atoms with Gasteiger partial charge in [-0.05, 0) is 22.0 Å². The maximum absolute atomic E-state index is 12.0. The van der Waals surface area contributed by atoms with E-state index >= 15 is 0 Å². The Kier molecular flexibility index (Phi) is 4.12. The smallest absolute Gasteiger partial charge is 0.244 e. The second-order valence-electron chi connectivity index (χ2n) is 3.53. The molecule has 8 nitrogen and oxygen atoms in total. The van der Waals surface area contributed by atoms with E-state index in [9.17, 15) is 8.42 Å². The first-order chi connectivity index (χ1) is 8.99. The van der Waals surface area contributed by atoms with Gasteiger partial charge in [-0.25, -0.2) is 18.1 Å². The number of nitrogens with one attached hydrogen (secondary N) is 1. The van der Waals surface area contributed by atoms with Crippen molar-refractivity contribution < 1.29 is 12.9 Å². The summed E-state index contributed by atoms with van der Waals surface area (Å²) < 4.78 is 31.5. The number of anilines is 1. The monoisotopic (exact) mass is 347 g/mol. The molecule has 0 bridgehead atoms. The van der Waals surface area contributed by atoms with Crippen molar-refractivity contribution in [3.05, 3.63) is 29.0 Å². The van der Waals surface area contributed by atoms with Crippen molar-refractivity contribution in [2.75, 3.05) is 12.3 Å². The molecule has 2 aromatic heterocycles. The number of halogens is 1. The van der Waals surface area contributed by atoms with Crippen LogP contribution in [0.3, 0.4) is 0 Å². The maximum atomic E-state index is 12.0. The molecule has 0 amide bonds. The molecule has 0 saturated heterocycles. The zero-order valence-electron chi connectivity index (χ0n) is 9.58. The standard InChI is InChI=1S/C9H10BrN5O3S/c10-6-3-7(9(11)12-4-6)19(16,17)14-2-1-8-13-5-18-15-8/h3-5,14H,1-2H2,(H2,11,12). The highest BCUT2D eigenvalue weighted by Crippen LogP contribution is 2.20. The first-order valence-electron chi connectivity index (χ1n) is 5.15. The Bertz CT molecular complexity index is 658. The van der Waals surface area contributed by atoms with E-state index in [0.29, 0.717) is 16.7 Å². The van der Waals surface area contributed by atoms with E-state index in [0.717, 1.165) is 0 Å². The van der Waals surface area contributed by atoms with E-state index in [-0.39, 0.29) is 17.3 Å². The highest BCUT2D eigenvalue weighted by Gasteiger charge is 2.18. The Balaban J connectivity index is 2.07. The van der Waals surface area contributed by atoms with Crippen LogP contribution in [0, 0.1) is 0 Å². The van der Waals surface area contributed by atoms with Crippen LogP contribution in [0.2, 0.25) is 0 Å². The van der Waals surface area contributed by atoms with Gasteiger partial charge in [0.1, 0.15) is 10.7 Å². The third-order valence-electron chi connectivity index (χ3n) is 2.19. The fourth-order valence-corrected chi connectivity index (χ4v) is 2.94. The summed E-state index contributed by atoms with van der Waals surface area (Å²) in [6, 6.07) is 1.39. The minimum Gasteiger partial charge on any atom is -0.383 e. The number of nitrogens with zero attached hydrogens (tertiary/aromatic N) is 3. The van der Waals surface area contributed by atoms with E-state index in [2.05, 4.69) is 40.3 Å². The highest BCUT2D eigenvalue weighted by molar-refractivity contribution is 9.10. The molecule has 10 heteroatoms. The number of rotatable bonds is 5. The molecule has 0 aliphatic carbocycles. The fraction of sp³-hybridized carbons (Fsp3) is 0.222. The van der Waals surface area contributed by atoms with E-state index in [4.69, 9.17) is 5.73 Å². The van der Waals surface area contributed by atoms with Gasteiger partial charge in [-0.3, -0.25) is 0 Å². The molecule has 0 unspecified atom stereocenters. The van der Waals surface area contributed by atoms with Gasteiger partial charge in [-0.15, -0.1) is 0 Å². The molecule has 0 saturated carbocycles. The average molecular weight is 348 g/mol. The number of hydrogen-bond acceptors (Lipinski definition) is 7. The van der Waals surface area contributed by atoms with E-state index in [1.54, 1.807) is 0 Å².